The number of hydrogen-bond donors (Lipinski definition) is 1. The highest BCUT2D eigenvalue weighted by atomic mass is 19.4. The molecular weight excluding hydrogens is 361 g/mol. The van der Waals surface area contributed by atoms with Gasteiger partial charge in [-0.3, -0.25) is 9.59 Å². The molecule has 2 aromatic rings. The number of carboxylic acids is 1. The number of alkyl halides is 3. The molecule has 0 aliphatic rings. The Balaban J connectivity index is 2.25. The molecule has 0 unspecified atom stereocenters. The van der Waals surface area contributed by atoms with Crippen molar-refractivity contribution in [2.75, 3.05) is 6.54 Å². The van der Waals surface area contributed by atoms with Crippen molar-refractivity contribution >= 4 is 11.9 Å². The zero-order valence-corrected chi connectivity index (χ0v) is 14.7. The van der Waals surface area contributed by atoms with E-state index in [1.54, 1.807) is 12.1 Å². The van der Waals surface area contributed by atoms with E-state index in [2.05, 4.69) is 4.98 Å². The number of carboxylic acid groups (broad SMARTS) is 1. The number of pyridine rings is 1. The van der Waals surface area contributed by atoms with Gasteiger partial charge in [0, 0.05) is 19.5 Å². The maximum absolute atomic E-state index is 12.9. The summed E-state index contributed by atoms with van der Waals surface area (Å²) in [4.78, 5) is 28.5. The lowest BCUT2D eigenvalue weighted by atomic mass is 10.1. The van der Waals surface area contributed by atoms with Crippen molar-refractivity contribution in [1.82, 2.24) is 9.88 Å². The molecule has 0 spiro atoms. The van der Waals surface area contributed by atoms with Crippen LogP contribution in [0.2, 0.25) is 0 Å². The third-order valence-electron chi connectivity index (χ3n) is 3.93. The number of halogens is 3. The average Bonchev–Trinajstić information content (AvgIpc) is 2.60. The van der Waals surface area contributed by atoms with Crippen LogP contribution in [0, 0.1) is 6.92 Å². The highest BCUT2D eigenvalue weighted by Gasteiger charge is 2.33. The topological polar surface area (TPSA) is 70.5 Å². The number of nitrogens with zero attached hydrogens (tertiary/aromatic N) is 2. The maximum atomic E-state index is 12.9. The van der Waals surface area contributed by atoms with Gasteiger partial charge in [0.05, 0.1) is 11.3 Å². The first-order valence-corrected chi connectivity index (χ1v) is 8.28. The molecule has 0 saturated heterocycles. The van der Waals surface area contributed by atoms with Crippen LogP contribution < -0.4 is 0 Å². The monoisotopic (exact) mass is 380 g/mol. The third kappa shape index (κ3) is 5.80. The molecule has 1 heterocycles. The number of benzene rings is 1. The molecule has 8 heteroatoms. The van der Waals surface area contributed by atoms with Gasteiger partial charge < -0.3 is 10.0 Å². The molecule has 0 bridgehead atoms. The summed E-state index contributed by atoms with van der Waals surface area (Å²) in [6.07, 6.45) is -4.46. The Labute approximate surface area is 154 Å². The van der Waals surface area contributed by atoms with Crippen molar-refractivity contribution < 1.29 is 27.9 Å². The predicted octanol–water partition coefficient (Wildman–Crippen LogP) is 3.92. The van der Waals surface area contributed by atoms with Gasteiger partial charge >= 0.3 is 12.1 Å². The van der Waals surface area contributed by atoms with Crippen LogP contribution in [0.5, 0.6) is 0 Å². The van der Waals surface area contributed by atoms with E-state index in [4.69, 9.17) is 5.11 Å². The summed E-state index contributed by atoms with van der Waals surface area (Å²) in [6, 6.07) is 11.0. The second kappa shape index (κ2) is 8.66. The van der Waals surface area contributed by atoms with Gasteiger partial charge in [0.2, 0.25) is 0 Å². The molecule has 0 fully saturated rings. The molecule has 1 aromatic heterocycles. The summed E-state index contributed by atoms with van der Waals surface area (Å²) in [5, 5.41) is 8.80. The third-order valence-corrected chi connectivity index (χ3v) is 3.93. The van der Waals surface area contributed by atoms with Crippen molar-refractivity contribution in [3.8, 4) is 0 Å². The van der Waals surface area contributed by atoms with Crippen LogP contribution in [-0.2, 0) is 17.5 Å². The summed E-state index contributed by atoms with van der Waals surface area (Å²) < 4.78 is 38.3. The van der Waals surface area contributed by atoms with E-state index in [-0.39, 0.29) is 37.2 Å². The SMILES string of the molecule is Cc1nc(C(F)(F)F)ccc1C(=O)N(CCCC(=O)O)Cc1ccccc1. The number of carbonyl (C=O) groups is 2. The zero-order chi connectivity index (χ0) is 20.0. The Bertz CT molecular complexity index is 808. The molecule has 0 atom stereocenters. The number of aromatic nitrogens is 1. The molecule has 0 aliphatic heterocycles. The first-order chi connectivity index (χ1) is 12.7. The molecular formula is C19H19F3N2O3. The van der Waals surface area contributed by atoms with Crippen molar-refractivity contribution in [3.05, 3.63) is 65.0 Å². The van der Waals surface area contributed by atoms with Crippen molar-refractivity contribution in [1.29, 1.82) is 0 Å². The maximum Gasteiger partial charge on any atom is 0.433 e. The van der Waals surface area contributed by atoms with E-state index in [9.17, 15) is 22.8 Å². The predicted molar refractivity (Wildman–Crippen MR) is 92.0 cm³/mol. The van der Waals surface area contributed by atoms with Crippen LogP contribution in [-0.4, -0.2) is 33.4 Å². The molecule has 1 N–H and O–H groups in total. The van der Waals surface area contributed by atoms with Gasteiger partial charge in [0.15, 0.2) is 0 Å². The number of carbonyl (C=O) groups excluding carboxylic acids is 1. The number of amides is 1. The largest absolute Gasteiger partial charge is 0.481 e. The Morgan fingerprint density at radius 1 is 1.11 bits per heavy atom. The smallest absolute Gasteiger partial charge is 0.433 e. The van der Waals surface area contributed by atoms with E-state index >= 15 is 0 Å². The molecule has 144 valence electrons. The number of hydrogen-bond acceptors (Lipinski definition) is 3. The lowest BCUT2D eigenvalue weighted by Gasteiger charge is -2.23. The zero-order valence-electron chi connectivity index (χ0n) is 14.7. The quantitative estimate of drug-likeness (QED) is 0.791. The Hall–Kier alpha value is -2.90. The van der Waals surface area contributed by atoms with Crippen molar-refractivity contribution in [3.63, 3.8) is 0 Å². The Morgan fingerprint density at radius 2 is 1.78 bits per heavy atom. The first-order valence-electron chi connectivity index (χ1n) is 8.28. The van der Waals surface area contributed by atoms with Gasteiger partial charge in [0.25, 0.3) is 5.91 Å². The fourth-order valence-corrected chi connectivity index (χ4v) is 2.59. The summed E-state index contributed by atoms with van der Waals surface area (Å²) in [5.41, 5.74) is -0.184. The number of rotatable bonds is 7. The van der Waals surface area contributed by atoms with Crippen LogP contribution in [0.3, 0.4) is 0 Å². The molecule has 1 aromatic carbocycles. The Morgan fingerprint density at radius 3 is 2.33 bits per heavy atom. The van der Waals surface area contributed by atoms with Crippen LogP contribution in [0.15, 0.2) is 42.5 Å². The van der Waals surface area contributed by atoms with Gasteiger partial charge in [-0.1, -0.05) is 30.3 Å². The fraction of sp³-hybridized carbons (Fsp3) is 0.316. The number of aliphatic carboxylic acids is 1. The number of aryl methyl sites for hydroxylation is 1. The second-order valence-corrected chi connectivity index (χ2v) is 6.04. The van der Waals surface area contributed by atoms with Crippen LogP contribution >= 0.6 is 0 Å². The van der Waals surface area contributed by atoms with Gasteiger partial charge in [-0.2, -0.15) is 13.2 Å². The van der Waals surface area contributed by atoms with Crippen LogP contribution in [0.25, 0.3) is 0 Å². The van der Waals surface area contributed by atoms with Gasteiger partial charge in [-0.05, 0) is 31.0 Å². The van der Waals surface area contributed by atoms with Crippen LogP contribution in [0.1, 0.15) is 40.2 Å². The molecule has 2 rings (SSSR count). The van der Waals surface area contributed by atoms with E-state index in [0.29, 0.717) is 0 Å². The lowest BCUT2D eigenvalue weighted by Crippen LogP contribution is -2.32. The van der Waals surface area contributed by atoms with Crippen molar-refractivity contribution in [2.24, 2.45) is 0 Å². The molecule has 0 aliphatic carbocycles. The summed E-state index contributed by atoms with van der Waals surface area (Å²) in [6.45, 7) is 1.74. The van der Waals surface area contributed by atoms with Gasteiger partial charge in [-0.15, -0.1) is 0 Å². The summed E-state index contributed by atoms with van der Waals surface area (Å²) in [7, 11) is 0. The summed E-state index contributed by atoms with van der Waals surface area (Å²) >= 11 is 0. The minimum absolute atomic E-state index is 0.0221. The molecule has 5 nitrogen and oxygen atoms in total. The average molecular weight is 380 g/mol. The first kappa shape index (κ1) is 20.4. The highest BCUT2D eigenvalue weighted by molar-refractivity contribution is 5.95. The molecule has 27 heavy (non-hydrogen) atoms. The standard InChI is InChI=1S/C19H19F3N2O3/c1-13-15(9-10-16(23-13)19(20,21)22)18(27)24(11-5-8-17(25)26)12-14-6-3-2-4-7-14/h2-4,6-7,9-10H,5,8,11-12H2,1H3,(H,25,26). The normalized spacial score (nSPS) is 11.3. The van der Waals surface area contributed by atoms with E-state index in [1.807, 2.05) is 18.2 Å². The van der Waals surface area contributed by atoms with E-state index < -0.39 is 23.7 Å². The van der Waals surface area contributed by atoms with Gasteiger partial charge in [0.1, 0.15) is 5.69 Å². The van der Waals surface area contributed by atoms with Gasteiger partial charge in [-0.25, -0.2) is 4.98 Å². The Kier molecular flexibility index (Phi) is 6.55. The van der Waals surface area contributed by atoms with E-state index in [1.165, 1.54) is 11.8 Å². The minimum Gasteiger partial charge on any atom is -0.481 e. The highest BCUT2D eigenvalue weighted by Crippen LogP contribution is 2.28. The van der Waals surface area contributed by atoms with Crippen molar-refractivity contribution in [2.45, 2.75) is 32.5 Å². The minimum atomic E-state index is -4.59. The molecule has 0 saturated carbocycles. The summed E-state index contributed by atoms with van der Waals surface area (Å²) in [5.74, 6) is -1.46. The molecule has 1 amide bonds. The van der Waals surface area contributed by atoms with E-state index in [0.717, 1.165) is 17.7 Å². The molecule has 0 radical (unpaired) electrons. The lowest BCUT2D eigenvalue weighted by molar-refractivity contribution is -0.141. The fourth-order valence-electron chi connectivity index (χ4n) is 2.59. The van der Waals surface area contributed by atoms with Crippen LogP contribution in [0.4, 0.5) is 13.2 Å². The second-order valence-electron chi connectivity index (χ2n) is 6.04.